The Balaban J connectivity index is 1.72. The summed E-state index contributed by atoms with van der Waals surface area (Å²) in [5, 5.41) is 2.69. The number of rotatable bonds is 8. The molecule has 0 fully saturated rings. The van der Waals surface area contributed by atoms with E-state index in [0.29, 0.717) is 25.3 Å². The van der Waals surface area contributed by atoms with Crippen LogP contribution in [-0.2, 0) is 27.2 Å². The topological polar surface area (TPSA) is 73.9 Å². The molecule has 1 N–H and O–H groups in total. The van der Waals surface area contributed by atoms with Crippen molar-refractivity contribution in [2.45, 2.75) is 19.9 Å². The molecule has 2 rings (SSSR count). The molecule has 0 aliphatic rings. The van der Waals surface area contributed by atoms with Gasteiger partial charge in [0.05, 0.1) is 13.7 Å². The molecule has 0 aliphatic carbocycles. The number of nitrogens with one attached hydrogen (secondary N) is 1. The largest absolute Gasteiger partial charge is 0.482 e. The highest BCUT2D eigenvalue weighted by molar-refractivity contribution is 5.70. The molecule has 0 unspecified atom stereocenters. The van der Waals surface area contributed by atoms with E-state index in [2.05, 4.69) is 16.1 Å². The maximum Gasteiger partial charge on any atom is 0.407 e. The molecule has 0 bridgehead atoms. The first kappa shape index (κ1) is 19.3. The van der Waals surface area contributed by atoms with Crippen LogP contribution in [0.4, 0.5) is 4.79 Å². The van der Waals surface area contributed by atoms with Gasteiger partial charge < -0.3 is 19.5 Å². The predicted octanol–water partition coefficient (Wildman–Crippen LogP) is 3.02. The van der Waals surface area contributed by atoms with Crippen LogP contribution in [0, 0.1) is 6.92 Å². The number of hydrogen-bond acceptors (Lipinski definition) is 5. The molecular formula is C20H23NO5. The first-order valence-corrected chi connectivity index (χ1v) is 8.31. The van der Waals surface area contributed by atoms with Crippen molar-refractivity contribution < 1.29 is 23.8 Å². The molecule has 0 aliphatic heterocycles. The maximum atomic E-state index is 11.8. The summed E-state index contributed by atoms with van der Waals surface area (Å²) in [5.74, 6) is 0.0771. The van der Waals surface area contributed by atoms with E-state index < -0.39 is 12.1 Å². The second kappa shape index (κ2) is 10.1. The Kier molecular flexibility index (Phi) is 7.49. The van der Waals surface area contributed by atoms with E-state index in [1.807, 2.05) is 31.2 Å². The van der Waals surface area contributed by atoms with Crippen LogP contribution in [0.2, 0.25) is 0 Å². The maximum absolute atomic E-state index is 11.8. The summed E-state index contributed by atoms with van der Waals surface area (Å²) in [6.45, 7) is 2.49. The lowest BCUT2D eigenvalue weighted by atomic mass is 10.1. The summed E-state index contributed by atoms with van der Waals surface area (Å²) < 4.78 is 15.0. The number of hydrogen-bond donors (Lipinski definition) is 1. The molecule has 0 saturated carbocycles. The lowest BCUT2D eigenvalue weighted by Gasteiger charge is -2.09. The van der Waals surface area contributed by atoms with Crippen LogP contribution in [0.25, 0.3) is 0 Å². The molecule has 0 aromatic heterocycles. The Morgan fingerprint density at radius 2 is 1.81 bits per heavy atom. The minimum Gasteiger partial charge on any atom is -0.482 e. The molecular weight excluding hydrogens is 334 g/mol. The van der Waals surface area contributed by atoms with Gasteiger partial charge in [-0.3, -0.25) is 0 Å². The lowest BCUT2D eigenvalue weighted by Crippen LogP contribution is -2.24. The van der Waals surface area contributed by atoms with Crippen molar-refractivity contribution in [2.24, 2.45) is 0 Å². The smallest absolute Gasteiger partial charge is 0.407 e. The number of alkyl carbamates (subject to hydrolysis) is 1. The van der Waals surface area contributed by atoms with Crippen LogP contribution < -0.4 is 10.1 Å². The number of benzene rings is 2. The molecule has 0 atom stereocenters. The van der Waals surface area contributed by atoms with Gasteiger partial charge in [0.25, 0.3) is 0 Å². The zero-order valence-corrected chi connectivity index (χ0v) is 15.0. The van der Waals surface area contributed by atoms with Crippen molar-refractivity contribution in [3.63, 3.8) is 0 Å². The van der Waals surface area contributed by atoms with Gasteiger partial charge in [0.2, 0.25) is 0 Å². The first-order chi connectivity index (χ1) is 12.6. The average molecular weight is 357 g/mol. The monoisotopic (exact) mass is 357 g/mol. The van der Waals surface area contributed by atoms with Crippen molar-refractivity contribution in [2.75, 3.05) is 20.3 Å². The third-order valence-corrected chi connectivity index (χ3v) is 3.63. The van der Waals surface area contributed by atoms with Gasteiger partial charge in [-0.25, -0.2) is 9.59 Å². The molecule has 0 saturated heterocycles. The summed E-state index contributed by atoms with van der Waals surface area (Å²) in [6.07, 6.45) is 0.199. The molecule has 0 heterocycles. The van der Waals surface area contributed by atoms with Crippen molar-refractivity contribution in [1.29, 1.82) is 0 Å². The van der Waals surface area contributed by atoms with Gasteiger partial charge in [-0.05, 0) is 30.2 Å². The van der Waals surface area contributed by atoms with Crippen molar-refractivity contribution in [3.8, 4) is 5.75 Å². The number of esters is 1. The summed E-state index contributed by atoms with van der Waals surface area (Å²) >= 11 is 0. The van der Waals surface area contributed by atoms with E-state index in [-0.39, 0.29) is 6.61 Å². The molecule has 6 nitrogen and oxygen atoms in total. The number of amides is 1. The third-order valence-electron chi connectivity index (χ3n) is 3.63. The normalized spacial score (nSPS) is 10.1. The van der Waals surface area contributed by atoms with Gasteiger partial charge in [-0.15, -0.1) is 0 Å². The van der Waals surface area contributed by atoms with Gasteiger partial charge >= 0.3 is 12.1 Å². The Bertz CT molecular complexity index is 744. The molecule has 6 heteroatoms. The van der Waals surface area contributed by atoms with Crippen LogP contribution in [0.1, 0.15) is 16.7 Å². The first-order valence-electron chi connectivity index (χ1n) is 8.31. The molecule has 0 radical (unpaired) electrons. The van der Waals surface area contributed by atoms with E-state index in [4.69, 9.17) is 9.47 Å². The molecule has 0 spiro atoms. The highest BCUT2D eigenvalue weighted by Gasteiger charge is 2.05. The highest BCUT2D eigenvalue weighted by Crippen LogP contribution is 2.13. The fourth-order valence-electron chi connectivity index (χ4n) is 2.30. The second-order valence-corrected chi connectivity index (χ2v) is 5.74. The van der Waals surface area contributed by atoms with Crippen molar-refractivity contribution in [1.82, 2.24) is 5.32 Å². The Hall–Kier alpha value is -3.02. The highest BCUT2D eigenvalue weighted by atomic mass is 16.6. The molecule has 2 aromatic rings. The van der Waals surface area contributed by atoms with E-state index in [9.17, 15) is 9.59 Å². The Morgan fingerprint density at radius 1 is 1.04 bits per heavy atom. The second-order valence-electron chi connectivity index (χ2n) is 5.74. The Morgan fingerprint density at radius 3 is 2.58 bits per heavy atom. The van der Waals surface area contributed by atoms with Crippen molar-refractivity contribution >= 4 is 12.1 Å². The number of aryl methyl sites for hydroxylation is 1. The van der Waals surface area contributed by atoms with Crippen LogP contribution in [0.5, 0.6) is 5.75 Å². The minimum atomic E-state index is -0.474. The number of carbonyl (C=O) groups is 2. The number of carbonyl (C=O) groups excluding carboxylic acids is 2. The average Bonchev–Trinajstić information content (AvgIpc) is 2.65. The van der Waals surface area contributed by atoms with E-state index in [1.54, 1.807) is 18.2 Å². The van der Waals surface area contributed by atoms with E-state index >= 15 is 0 Å². The molecule has 26 heavy (non-hydrogen) atoms. The molecule has 138 valence electrons. The van der Waals surface area contributed by atoms with Gasteiger partial charge in [0.1, 0.15) is 5.75 Å². The fourth-order valence-corrected chi connectivity index (χ4v) is 2.30. The zero-order chi connectivity index (χ0) is 18.8. The zero-order valence-electron chi connectivity index (χ0n) is 15.0. The summed E-state index contributed by atoms with van der Waals surface area (Å²) in [5.41, 5.74) is 3.15. The van der Waals surface area contributed by atoms with Gasteiger partial charge in [0, 0.05) is 13.0 Å². The van der Waals surface area contributed by atoms with Crippen LogP contribution in [0.3, 0.4) is 0 Å². The summed E-state index contributed by atoms with van der Waals surface area (Å²) in [7, 11) is 1.30. The van der Waals surface area contributed by atoms with Gasteiger partial charge in [0.15, 0.2) is 6.61 Å². The van der Waals surface area contributed by atoms with Crippen LogP contribution in [0.15, 0.2) is 48.5 Å². The Labute approximate surface area is 153 Å². The number of methoxy groups -OCH3 is 1. The molecule has 2 aromatic carbocycles. The fraction of sp³-hybridized carbons (Fsp3) is 0.300. The summed E-state index contributed by atoms with van der Waals surface area (Å²) in [4.78, 5) is 22.9. The predicted molar refractivity (Wildman–Crippen MR) is 97.0 cm³/mol. The SMILES string of the molecule is COC(=O)COc1cccc(CNC(=O)OCCc2cccc(C)c2)c1. The van der Waals surface area contributed by atoms with Crippen LogP contribution in [-0.4, -0.2) is 32.4 Å². The third kappa shape index (κ3) is 6.84. The number of ether oxygens (including phenoxy) is 3. The summed E-state index contributed by atoms with van der Waals surface area (Å²) in [6, 6.07) is 15.2. The van der Waals surface area contributed by atoms with Gasteiger partial charge in [-0.2, -0.15) is 0 Å². The van der Waals surface area contributed by atoms with E-state index in [1.165, 1.54) is 12.7 Å². The lowest BCUT2D eigenvalue weighted by molar-refractivity contribution is -0.142. The van der Waals surface area contributed by atoms with Gasteiger partial charge in [-0.1, -0.05) is 42.0 Å². The quantitative estimate of drug-likeness (QED) is 0.735. The van der Waals surface area contributed by atoms with E-state index in [0.717, 1.165) is 11.1 Å². The standard InChI is InChI=1S/C20H23NO5/c1-15-5-3-6-16(11-15)9-10-25-20(23)21-13-17-7-4-8-18(12-17)26-14-19(22)24-2/h3-8,11-12H,9-10,13-14H2,1-2H3,(H,21,23). The molecule has 1 amide bonds. The minimum absolute atomic E-state index is 0.158. The van der Waals surface area contributed by atoms with Crippen LogP contribution >= 0.6 is 0 Å². The van der Waals surface area contributed by atoms with Crippen molar-refractivity contribution in [3.05, 3.63) is 65.2 Å².